The number of rotatable bonds is 2. The first-order valence-electron chi connectivity index (χ1n) is 6.44. The van der Waals surface area contributed by atoms with Gasteiger partial charge in [0.25, 0.3) is 0 Å². The third-order valence-electron chi connectivity index (χ3n) is 3.49. The minimum absolute atomic E-state index is 0.338. The number of methoxy groups -OCH3 is 1. The Morgan fingerprint density at radius 3 is 2.59 bits per heavy atom. The summed E-state index contributed by atoms with van der Waals surface area (Å²) < 4.78 is 4.67. The van der Waals surface area contributed by atoms with Crippen molar-refractivity contribution in [2.75, 3.05) is 7.11 Å². The second kappa shape index (κ2) is 5.84. The molecule has 0 bridgehead atoms. The molecular formula is C13H20N2O2. The highest BCUT2D eigenvalue weighted by molar-refractivity contribution is 5.86. The fourth-order valence-electron chi connectivity index (χ4n) is 2.49. The zero-order valence-corrected chi connectivity index (χ0v) is 10.4. The lowest BCUT2D eigenvalue weighted by Gasteiger charge is -2.17. The Kier molecular flexibility index (Phi) is 4.18. The maximum absolute atomic E-state index is 11.3. The van der Waals surface area contributed by atoms with Crippen molar-refractivity contribution < 1.29 is 9.53 Å². The molecule has 1 aromatic heterocycles. The molecule has 0 radical (unpaired) electrons. The topological polar surface area (TPSA) is 55.0 Å². The highest BCUT2D eigenvalue weighted by Gasteiger charge is 2.18. The second-order valence-electron chi connectivity index (χ2n) is 4.72. The lowest BCUT2D eigenvalue weighted by atomic mass is 9.91. The first-order valence-corrected chi connectivity index (χ1v) is 6.44. The van der Waals surface area contributed by atoms with Crippen LogP contribution in [0.5, 0.6) is 0 Å². The SMILES string of the molecule is COC(=O)c1cnc(C2CCCCCCC2)[nH]1. The Hall–Kier alpha value is -1.32. The van der Waals surface area contributed by atoms with Crippen LogP contribution in [0.25, 0.3) is 0 Å². The van der Waals surface area contributed by atoms with E-state index in [0.717, 1.165) is 5.82 Å². The maximum atomic E-state index is 11.3. The molecule has 1 aliphatic carbocycles. The molecule has 0 amide bonds. The van der Waals surface area contributed by atoms with Crippen LogP contribution in [0.2, 0.25) is 0 Å². The Bertz CT molecular complexity index is 365. The van der Waals surface area contributed by atoms with Gasteiger partial charge >= 0.3 is 5.97 Å². The Labute approximate surface area is 102 Å². The molecule has 1 fully saturated rings. The number of carbonyl (C=O) groups excluding carboxylic acids is 1. The Balaban J connectivity index is 2.04. The summed E-state index contributed by atoms with van der Waals surface area (Å²) >= 11 is 0. The third-order valence-corrected chi connectivity index (χ3v) is 3.49. The number of H-pyrrole nitrogens is 1. The van der Waals surface area contributed by atoms with Gasteiger partial charge in [-0.1, -0.05) is 32.1 Å². The number of nitrogens with one attached hydrogen (secondary N) is 1. The Morgan fingerprint density at radius 2 is 1.94 bits per heavy atom. The monoisotopic (exact) mass is 236 g/mol. The third kappa shape index (κ3) is 3.08. The molecular weight excluding hydrogens is 216 g/mol. The summed E-state index contributed by atoms with van der Waals surface area (Å²) in [5.41, 5.74) is 0.463. The molecule has 1 saturated carbocycles. The molecule has 0 spiro atoms. The van der Waals surface area contributed by atoms with Crippen LogP contribution in [0.3, 0.4) is 0 Å². The average Bonchev–Trinajstić information content (AvgIpc) is 2.77. The van der Waals surface area contributed by atoms with E-state index >= 15 is 0 Å². The number of nitrogens with zero attached hydrogens (tertiary/aromatic N) is 1. The molecule has 94 valence electrons. The van der Waals surface area contributed by atoms with Crippen LogP contribution in [-0.2, 0) is 4.74 Å². The number of aromatic amines is 1. The number of imidazole rings is 1. The van der Waals surface area contributed by atoms with Crippen molar-refractivity contribution in [3.05, 3.63) is 17.7 Å². The van der Waals surface area contributed by atoms with Crippen LogP contribution in [-0.4, -0.2) is 23.0 Å². The number of aromatic nitrogens is 2. The molecule has 0 atom stereocenters. The standard InChI is InChI=1S/C13H20N2O2/c1-17-13(16)11-9-14-12(15-11)10-7-5-3-2-4-6-8-10/h9-10H,2-8H2,1H3,(H,14,15). The highest BCUT2D eigenvalue weighted by Crippen LogP contribution is 2.29. The summed E-state index contributed by atoms with van der Waals surface area (Å²) in [5, 5.41) is 0. The largest absolute Gasteiger partial charge is 0.464 e. The van der Waals surface area contributed by atoms with E-state index in [9.17, 15) is 4.79 Å². The zero-order chi connectivity index (χ0) is 12.1. The summed E-state index contributed by atoms with van der Waals surface area (Å²) in [7, 11) is 1.39. The predicted molar refractivity (Wildman–Crippen MR) is 65.0 cm³/mol. The Morgan fingerprint density at radius 1 is 1.29 bits per heavy atom. The van der Waals surface area contributed by atoms with Crippen molar-refractivity contribution in [1.82, 2.24) is 9.97 Å². The van der Waals surface area contributed by atoms with Gasteiger partial charge in [0.05, 0.1) is 13.3 Å². The van der Waals surface area contributed by atoms with E-state index in [1.165, 1.54) is 52.1 Å². The van der Waals surface area contributed by atoms with Gasteiger partial charge in [-0.2, -0.15) is 0 Å². The van der Waals surface area contributed by atoms with Crippen LogP contribution >= 0.6 is 0 Å². The predicted octanol–water partition coefficient (Wildman–Crippen LogP) is 3.02. The van der Waals surface area contributed by atoms with Gasteiger partial charge < -0.3 is 9.72 Å². The van der Waals surface area contributed by atoms with Gasteiger partial charge in [0.2, 0.25) is 0 Å². The number of ether oxygens (including phenoxy) is 1. The minimum atomic E-state index is -0.338. The van der Waals surface area contributed by atoms with Crippen molar-refractivity contribution in [3.63, 3.8) is 0 Å². The summed E-state index contributed by atoms with van der Waals surface area (Å²) in [6.45, 7) is 0. The molecule has 2 rings (SSSR count). The van der Waals surface area contributed by atoms with Crippen molar-refractivity contribution in [3.8, 4) is 0 Å². The average molecular weight is 236 g/mol. The summed E-state index contributed by atoms with van der Waals surface area (Å²) in [6.07, 6.45) is 10.5. The first kappa shape index (κ1) is 12.1. The van der Waals surface area contributed by atoms with Gasteiger partial charge in [-0.05, 0) is 12.8 Å². The molecule has 0 unspecified atom stereocenters. The summed E-state index contributed by atoms with van der Waals surface area (Å²) in [5.74, 6) is 1.09. The van der Waals surface area contributed by atoms with Gasteiger partial charge in [0.1, 0.15) is 11.5 Å². The highest BCUT2D eigenvalue weighted by atomic mass is 16.5. The molecule has 17 heavy (non-hydrogen) atoms. The quantitative estimate of drug-likeness (QED) is 0.803. The minimum Gasteiger partial charge on any atom is -0.464 e. The fourth-order valence-corrected chi connectivity index (χ4v) is 2.49. The van der Waals surface area contributed by atoms with Crippen LogP contribution in [0.15, 0.2) is 6.20 Å². The molecule has 0 saturated heterocycles. The van der Waals surface area contributed by atoms with Crippen LogP contribution in [0.4, 0.5) is 0 Å². The van der Waals surface area contributed by atoms with Crippen molar-refractivity contribution >= 4 is 5.97 Å². The number of esters is 1. The second-order valence-corrected chi connectivity index (χ2v) is 4.72. The van der Waals surface area contributed by atoms with Gasteiger partial charge in [-0.3, -0.25) is 0 Å². The van der Waals surface area contributed by atoms with E-state index in [0.29, 0.717) is 11.6 Å². The van der Waals surface area contributed by atoms with E-state index in [4.69, 9.17) is 0 Å². The van der Waals surface area contributed by atoms with Crippen LogP contribution in [0.1, 0.15) is 67.2 Å². The number of carbonyl (C=O) groups is 1. The molecule has 4 heteroatoms. The smallest absolute Gasteiger partial charge is 0.356 e. The molecule has 1 N–H and O–H groups in total. The normalized spacial score (nSPS) is 18.4. The fraction of sp³-hybridized carbons (Fsp3) is 0.692. The van der Waals surface area contributed by atoms with Gasteiger partial charge in [0, 0.05) is 5.92 Å². The number of hydrogen-bond donors (Lipinski definition) is 1. The van der Waals surface area contributed by atoms with E-state index in [2.05, 4.69) is 14.7 Å². The summed E-state index contributed by atoms with van der Waals surface area (Å²) in [4.78, 5) is 18.8. The molecule has 1 aliphatic rings. The van der Waals surface area contributed by atoms with E-state index in [1.807, 2.05) is 0 Å². The van der Waals surface area contributed by atoms with E-state index in [1.54, 1.807) is 6.20 Å². The van der Waals surface area contributed by atoms with E-state index < -0.39 is 0 Å². The molecule has 4 nitrogen and oxygen atoms in total. The zero-order valence-electron chi connectivity index (χ0n) is 10.4. The lowest BCUT2D eigenvalue weighted by Crippen LogP contribution is -2.06. The lowest BCUT2D eigenvalue weighted by molar-refractivity contribution is 0.0594. The summed E-state index contributed by atoms with van der Waals surface area (Å²) in [6, 6.07) is 0. The van der Waals surface area contributed by atoms with Crippen molar-refractivity contribution in [2.24, 2.45) is 0 Å². The van der Waals surface area contributed by atoms with Crippen molar-refractivity contribution in [1.29, 1.82) is 0 Å². The molecule has 0 aliphatic heterocycles. The van der Waals surface area contributed by atoms with E-state index in [-0.39, 0.29) is 5.97 Å². The molecule has 0 aromatic carbocycles. The van der Waals surface area contributed by atoms with Gasteiger partial charge in [-0.15, -0.1) is 0 Å². The van der Waals surface area contributed by atoms with Gasteiger partial charge in [0.15, 0.2) is 0 Å². The molecule has 1 aromatic rings. The van der Waals surface area contributed by atoms with Gasteiger partial charge in [-0.25, -0.2) is 9.78 Å². The molecule has 1 heterocycles. The first-order chi connectivity index (χ1) is 8.31. The number of hydrogen-bond acceptors (Lipinski definition) is 3. The van der Waals surface area contributed by atoms with Crippen molar-refractivity contribution in [2.45, 2.75) is 50.9 Å². The maximum Gasteiger partial charge on any atom is 0.356 e. The van der Waals surface area contributed by atoms with Crippen LogP contribution < -0.4 is 0 Å². The van der Waals surface area contributed by atoms with Crippen LogP contribution in [0, 0.1) is 0 Å².